The van der Waals surface area contributed by atoms with Gasteiger partial charge in [0.2, 0.25) is 0 Å². The smallest absolute Gasteiger partial charge is 0.348 e. The highest BCUT2D eigenvalue weighted by atomic mass is 127. The highest BCUT2D eigenvalue weighted by molar-refractivity contribution is 14.2. The number of aryl methyl sites for hydroxylation is 1. The molecule has 0 N–H and O–H groups in total. The standard InChI is InChI=1S/C23H25IN2O3S3/c1-29-22(27)21-9-8-20(32-21)10-13-26-23(28)30-16-14-25(26)12-3-2-5-18-6-4-7-19(17-18)11-15-31-24/h4,6-9,17H,2-3,5,10,12-14,16H2,1H3. The van der Waals surface area contributed by atoms with E-state index >= 15 is 0 Å². The van der Waals surface area contributed by atoms with E-state index in [1.807, 2.05) is 17.1 Å². The van der Waals surface area contributed by atoms with Crippen molar-refractivity contribution in [2.75, 3.05) is 32.5 Å². The first-order chi connectivity index (χ1) is 15.6. The number of hydrogen-bond donors (Lipinski definition) is 0. The number of hydrazine groups is 1. The number of nitrogens with zero attached hydrogens (tertiary/aromatic N) is 2. The molecular formula is C23H25IN2O3S3. The average Bonchev–Trinajstić information content (AvgIpc) is 3.29. The van der Waals surface area contributed by atoms with E-state index in [1.165, 1.54) is 44.7 Å². The molecule has 9 heteroatoms. The number of amides is 1. The summed E-state index contributed by atoms with van der Waals surface area (Å²) in [5.74, 6) is 3.67. The fourth-order valence-corrected chi connectivity index (χ4v) is 5.69. The van der Waals surface area contributed by atoms with Crippen LogP contribution in [0.25, 0.3) is 0 Å². The van der Waals surface area contributed by atoms with Crippen LogP contribution in [-0.2, 0) is 17.6 Å². The van der Waals surface area contributed by atoms with Gasteiger partial charge in [-0.3, -0.25) is 9.80 Å². The van der Waals surface area contributed by atoms with Crippen molar-refractivity contribution in [2.24, 2.45) is 0 Å². The SMILES string of the molecule is COC(=O)c1ccc(CCN2C(=O)SCCN2CCCCc2cccc(C#CSI)c2)s1. The molecule has 2 heterocycles. The molecule has 2 aromatic rings. The third kappa shape index (κ3) is 7.70. The molecular weight excluding hydrogens is 575 g/mol. The van der Waals surface area contributed by atoms with E-state index in [0.717, 1.165) is 55.0 Å². The Kier molecular flexibility index (Phi) is 10.7. The van der Waals surface area contributed by atoms with Gasteiger partial charge in [-0.15, -0.1) is 11.3 Å². The van der Waals surface area contributed by atoms with Crippen molar-refractivity contribution in [1.29, 1.82) is 0 Å². The van der Waals surface area contributed by atoms with Crippen LogP contribution in [0.15, 0.2) is 36.4 Å². The lowest BCUT2D eigenvalue weighted by Gasteiger charge is -2.38. The maximum Gasteiger partial charge on any atom is 0.348 e. The molecule has 0 aliphatic carbocycles. The number of thioether (sulfide) groups is 1. The van der Waals surface area contributed by atoms with E-state index in [0.29, 0.717) is 11.4 Å². The second-order valence-electron chi connectivity index (χ2n) is 7.16. The predicted molar refractivity (Wildman–Crippen MR) is 143 cm³/mol. The van der Waals surface area contributed by atoms with Crippen molar-refractivity contribution in [1.82, 2.24) is 10.0 Å². The summed E-state index contributed by atoms with van der Waals surface area (Å²) in [4.78, 5) is 25.9. The molecule has 1 aliphatic rings. The van der Waals surface area contributed by atoms with Crippen molar-refractivity contribution >= 4 is 64.4 Å². The van der Waals surface area contributed by atoms with Crippen molar-refractivity contribution < 1.29 is 14.3 Å². The number of carbonyl (C=O) groups is 2. The summed E-state index contributed by atoms with van der Waals surface area (Å²) < 4.78 is 4.78. The third-order valence-electron chi connectivity index (χ3n) is 5.04. The maximum atomic E-state index is 12.5. The Morgan fingerprint density at radius 1 is 1.22 bits per heavy atom. The van der Waals surface area contributed by atoms with Crippen LogP contribution in [0.4, 0.5) is 4.79 Å². The molecule has 3 rings (SSSR count). The van der Waals surface area contributed by atoms with Gasteiger partial charge in [-0.25, -0.2) is 9.80 Å². The van der Waals surface area contributed by atoms with Gasteiger partial charge >= 0.3 is 5.97 Å². The van der Waals surface area contributed by atoms with Gasteiger partial charge < -0.3 is 4.74 Å². The minimum absolute atomic E-state index is 0.111. The van der Waals surface area contributed by atoms with Gasteiger partial charge in [-0.2, -0.15) is 0 Å². The van der Waals surface area contributed by atoms with Gasteiger partial charge in [0.25, 0.3) is 5.24 Å². The molecule has 0 radical (unpaired) electrons. The molecule has 170 valence electrons. The third-order valence-corrected chi connectivity index (χ3v) is 7.85. The molecule has 1 aromatic heterocycles. The summed E-state index contributed by atoms with van der Waals surface area (Å²) >= 11 is 4.99. The minimum Gasteiger partial charge on any atom is -0.465 e. The summed E-state index contributed by atoms with van der Waals surface area (Å²) in [6.45, 7) is 2.38. The van der Waals surface area contributed by atoms with Gasteiger partial charge in [-0.05, 0) is 63.3 Å². The highest BCUT2D eigenvalue weighted by Crippen LogP contribution is 2.22. The summed E-state index contributed by atoms with van der Waals surface area (Å²) in [7, 11) is 2.88. The lowest BCUT2D eigenvalue weighted by Crippen LogP contribution is -2.50. The van der Waals surface area contributed by atoms with Crippen molar-refractivity contribution in [3.63, 3.8) is 0 Å². The number of benzene rings is 1. The van der Waals surface area contributed by atoms with Crippen LogP contribution in [-0.4, -0.2) is 53.7 Å². The van der Waals surface area contributed by atoms with E-state index in [4.69, 9.17) is 4.74 Å². The molecule has 1 aliphatic heterocycles. The number of esters is 1. The molecule has 0 spiro atoms. The first kappa shape index (κ1) is 25.4. The summed E-state index contributed by atoms with van der Waals surface area (Å²) in [5, 5.41) is 7.21. The Balaban J connectivity index is 1.48. The molecule has 32 heavy (non-hydrogen) atoms. The second kappa shape index (κ2) is 13.5. The Bertz CT molecular complexity index is 986. The largest absolute Gasteiger partial charge is 0.465 e. The minimum atomic E-state index is -0.311. The molecule has 0 saturated carbocycles. The monoisotopic (exact) mass is 600 g/mol. The van der Waals surface area contributed by atoms with Crippen molar-refractivity contribution in [3.05, 3.63) is 57.3 Å². The number of rotatable bonds is 9. The molecule has 1 aromatic carbocycles. The number of methoxy groups -OCH3 is 1. The molecule has 5 nitrogen and oxygen atoms in total. The molecule has 0 bridgehead atoms. The van der Waals surface area contributed by atoms with Gasteiger partial charge in [0.15, 0.2) is 0 Å². The van der Waals surface area contributed by atoms with Crippen LogP contribution in [0.1, 0.15) is 38.5 Å². The Morgan fingerprint density at radius 3 is 2.91 bits per heavy atom. The Hall–Kier alpha value is -1.19. The fraction of sp³-hybridized carbons (Fsp3) is 0.391. The number of ether oxygens (including phenoxy) is 1. The zero-order valence-electron chi connectivity index (χ0n) is 17.8. The van der Waals surface area contributed by atoms with E-state index < -0.39 is 0 Å². The zero-order chi connectivity index (χ0) is 22.8. The van der Waals surface area contributed by atoms with Gasteiger partial charge in [0.05, 0.1) is 7.11 Å². The lowest BCUT2D eigenvalue weighted by atomic mass is 10.1. The number of carbonyl (C=O) groups excluding carboxylic acids is 2. The number of thiophene rings is 1. The number of halogens is 1. The first-order valence-electron chi connectivity index (χ1n) is 10.3. The summed E-state index contributed by atoms with van der Waals surface area (Å²) in [6, 6.07) is 12.2. The molecule has 1 amide bonds. The highest BCUT2D eigenvalue weighted by Gasteiger charge is 2.26. The van der Waals surface area contributed by atoms with E-state index in [1.54, 1.807) is 6.07 Å². The quantitative estimate of drug-likeness (QED) is 0.155. The van der Waals surface area contributed by atoms with Crippen LogP contribution in [0.5, 0.6) is 0 Å². The van der Waals surface area contributed by atoms with E-state index in [9.17, 15) is 9.59 Å². The topological polar surface area (TPSA) is 49.9 Å². The fourth-order valence-electron chi connectivity index (χ4n) is 3.46. The lowest BCUT2D eigenvalue weighted by molar-refractivity contribution is 0.0270. The van der Waals surface area contributed by atoms with Gasteiger partial charge in [0.1, 0.15) is 4.88 Å². The van der Waals surface area contributed by atoms with Crippen molar-refractivity contribution in [3.8, 4) is 11.2 Å². The van der Waals surface area contributed by atoms with Crippen molar-refractivity contribution in [2.45, 2.75) is 25.7 Å². The first-order valence-corrected chi connectivity index (χ1v) is 15.5. The Morgan fingerprint density at radius 2 is 2.09 bits per heavy atom. The molecule has 1 fully saturated rings. The van der Waals surface area contributed by atoms with Crippen LogP contribution in [0.2, 0.25) is 0 Å². The normalized spacial score (nSPS) is 14.2. The van der Waals surface area contributed by atoms with Crippen LogP contribution < -0.4 is 0 Å². The predicted octanol–water partition coefficient (Wildman–Crippen LogP) is 5.88. The molecule has 0 atom stereocenters. The number of unbranched alkanes of at least 4 members (excludes halogenated alkanes) is 1. The maximum absolute atomic E-state index is 12.5. The summed E-state index contributed by atoms with van der Waals surface area (Å²) in [5.41, 5.74) is 2.36. The zero-order valence-corrected chi connectivity index (χ0v) is 22.4. The summed E-state index contributed by atoms with van der Waals surface area (Å²) in [6.07, 6.45) is 3.83. The van der Waals surface area contributed by atoms with Gasteiger partial charge in [-0.1, -0.05) is 29.8 Å². The molecule has 1 saturated heterocycles. The van der Waals surface area contributed by atoms with E-state index in [-0.39, 0.29) is 11.2 Å². The van der Waals surface area contributed by atoms with Crippen LogP contribution in [0.3, 0.4) is 0 Å². The molecule has 0 unspecified atom stereocenters. The van der Waals surface area contributed by atoms with Crippen LogP contribution in [0, 0.1) is 11.2 Å². The average molecular weight is 601 g/mol. The second-order valence-corrected chi connectivity index (χ2v) is 11.1. The van der Waals surface area contributed by atoms with Gasteiger partial charge in [0, 0.05) is 63.5 Å². The van der Waals surface area contributed by atoms with Crippen LogP contribution >= 0.6 is 53.2 Å². The van der Waals surface area contributed by atoms with E-state index in [2.05, 4.69) is 55.6 Å². The Labute approximate surface area is 214 Å². The number of hydrogen-bond acceptors (Lipinski definition) is 7.